The zero-order valence-electron chi connectivity index (χ0n) is 5.62. The van der Waals surface area contributed by atoms with Gasteiger partial charge in [-0.3, -0.25) is 0 Å². The molecule has 0 bridgehead atoms. The summed E-state index contributed by atoms with van der Waals surface area (Å²) in [5.74, 6) is 0. The Morgan fingerprint density at radius 3 is 1.30 bits per heavy atom. The molecular weight excluding hydrogens is 132 g/mol. The van der Waals surface area contributed by atoms with Crippen LogP contribution in [-0.2, 0) is 0 Å². The maximum Gasteiger partial charge on any atom is 0.0758 e. The van der Waals surface area contributed by atoms with E-state index in [1.54, 1.807) is 0 Å². The fourth-order valence-electron chi connectivity index (χ4n) is 1.52. The van der Waals surface area contributed by atoms with E-state index in [0.29, 0.717) is 12.8 Å². The molecule has 0 aromatic rings. The van der Waals surface area contributed by atoms with E-state index in [9.17, 15) is 0 Å². The molecule has 0 heterocycles. The summed E-state index contributed by atoms with van der Waals surface area (Å²) in [5.41, 5.74) is 9.99. The third kappa shape index (κ3) is 0.509. The maximum absolute atomic E-state index is 9.06. The molecule has 0 saturated heterocycles. The highest BCUT2D eigenvalue weighted by Crippen LogP contribution is 2.53. The molecule has 0 radical (unpaired) electrons. The van der Waals surface area contributed by atoms with E-state index in [0.717, 1.165) is 0 Å². The Balaban J connectivity index is 2.14. The van der Waals surface area contributed by atoms with Gasteiger partial charge in [0.05, 0.1) is 23.3 Å². The van der Waals surface area contributed by atoms with Crippen LogP contribution in [0.1, 0.15) is 12.8 Å². The molecule has 2 rings (SSSR count). The summed E-state index contributed by atoms with van der Waals surface area (Å²) in [6, 6.07) is 0. The van der Waals surface area contributed by atoms with Crippen molar-refractivity contribution in [1.82, 2.24) is 0 Å². The second kappa shape index (κ2) is 1.38. The van der Waals surface area contributed by atoms with Crippen LogP contribution in [0.4, 0.5) is 0 Å². The summed E-state index contributed by atoms with van der Waals surface area (Å²) >= 11 is 0. The molecule has 4 heteroatoms. The highest BCUT2D eigenvalue weighted by Gasteiger charge is 2.72. The minimum absolute atomic E-state index is 0.505. The van der Waals surface area contributed by atoms with Crippen molar-refractivity contribution >= 4 is 0 Å². The van der Waals surface area contributed by atoms with Gasteiger partial charge in [-0.1, -0.05) is 0 Å². The lowest BCUT2D eigenvalue weighted by Crippen LogP contribution is -2.51. The predicted molar refractivity (Wildman–Crippen MR) is 35.1 cm³/mol. The first kappa shape index (κ1) is 6.54. The van der Waals surface area contributed by atoms with Gasteiger partial charge in [0.15, 0.2) is 0 Å². The molecule has 2 fully saturated rings. The summed E-state index contributed by atoms with van der Waals surface area (Å²) in [5, 5.41) is 18.1. The van der Waals surface area contributed by atoms with E-state index in [2.05, 4.69) is 0 Å². The molecule has 4 nitrogen and oxygen atoms in total. The Morgan fingerprint density at radius 1 is 1.00 bits per heavy atom. The molecule has 0 amide bonds. The number of rotatable bonds is 1. The van der Waals surface area contributed by atoms with Crippen LogP contribution in [0.15, 0.2) is 0 Å². The van der Waals surface area contributed by atoms with Crippen molar-refractivity contribution in [2.75, 3.05) is 0 Å². The average molecular weight is 144 g/mol. The van der Waals surface area contributed by atoms with E-state index >= 15 is 0 Å². The van der Waals surface area contributed by atoms with Crippen LogP contribution in [0.25, 0.3) is 0 Å². The average Bonchev–Trinajstić information content (AvgIpc) is 2.58. The molecule has 0 aromatic carbocycles. The first-order valence-corrected chi connectivity index (χ1v) is 3.44. The Labute approximate surface area is 58.8 Å². The van der Waals surface area contributed by atoms with Gasteiger partial charge in [-0.2, -0.15) is 0 Å². The topological polar surface area (TPSA) is 92.5 Å². The first-order valence-electron chi connectivity index (χ1n) is 3.44. The lowest BCUT2D eigenvalue weighted by atomic mass is 10.1. The van der Waals surface area contributed by atoms with Gasteiger partial charge in [-0.25, -0.2) is 0 Å². The van der Waals surface area contributed by atoms with E-state index in [4.69, 9.17) is 21.7 Å². The van der Waals surface area contributed by atoms with Crippen LogP contribution in [0.5, 0.6) is 0 Å². The molecule has 2 aliphatic carbocycles. The molecule has 58 valence electrons. The largest absolute Gasteiger partial charge is 0.391 e. The van der Waals surface area contributed by atoms with Crippen LogP contribution in [0, 0.1) is 0 Å². The Bertz CT molecular complexity index is 167. The van der Waals surface area contributed by atoms with Gasteiger partial charge < -0.3 is 21.7 Å². The Kier molecular flexibility index (Phi) is 0.903. The number of hydrogen-bond donors (Lipinski definition) is 4. The third-order valence-electron chi connectivity index (χ3n) is 2.80. The van der Waals surface area contributed by atoms with Crippen LogP contribution < -0.4 is 11.5 Å². The second-order valence-electron chi connectivity index (χ2n) is 3.52. The molecule has 6 N–H and O–H groups in total. The van der Waals surface area contributed by atoms with Gasteiger partial charge in [0.1, 0.15) is 0 Å². The Hall–Kier alpha value is -0.160. The zero-order chi connectivity index (χ0) is 7.57. The van der Waals surface area contributed by atoms with Crippen LogP contribution >= 0.6 is 0 Å². The van der Waals surface area contributed by atoms with Crippen molar-refractivity contribution in [2.24, 2.45) is 11.5 Å². The SMILES string of the molecule is NC1(C2(N)CC2O)CC1O. The molecule has 4 unspecified atom stereocenters. The molecular formula is C6H12N2O2. The highest BCUT2D eigenvalue weighted by molar-refractivity contribution is 5.33. The van der Waals surface area contributed by atoms with E-state index in [1.165, 1.54) is 0 Å². The van der Waals surface area contributed by atoms with E-state index < -0.39 is 23.3 Å². The quantitative estimate of drug-likeness (QED) is 0.339. The van der Waals surface area contributed by atoms with Crippen molar-refractivity contribution in [2.45, 2.75) is 36.1 Å². The van der Waals surface area contributed by atoms with Gasteiger partial charge in [0.25, 0.3) is 0 Å². The minimum atomic E-state index is -0.688. The lowest BCUT2D eigenvalue weighted by Gasteiger charge is -2.17. The molecule has 2 saturated carbocycles. The fraction of sp³-hybridized carbons (Fsp3) is 1.00. The summed E-state index contributed by atoms with van der Waals surface area (Å²) in [6.07, 6.45) is 0.0468. The van der Waals surface area contributed by atoms with Crippen LogP contribution in [0.2, 0.25) is 0 Å². The summed E-state index contributed by atoms with van der Waals surface area (Å²) < 4.78 is 0. The second-order valence-corrected chi connectivity index (χ2v) is 3.52. The molecule has 4 atom stereocenters. The van der Waals surface area contributed by atoms with Gasteiger partial charge in [0, 0.05) is 0 Å². The van der Waals surface area contributed by atoms with Crippen molar-refractivity contribution in [3.8, 4) is 0 Å². The zero-order valence-corrected chi connectivity index (χ0v) is 5.62. The Morgan fingerprint density at radius 2 is 1.20 bits per heavy atom. The van der Waals surface area contributed by atoms with E-state index in [-0.39, 0.29) is 0 Å². The van der Waals surface area contributed by atoms with Gasteiger partial charge >= 0.3 is 0 Å². The monoisotopic (exact) mass is 144 g/mol. The van der Waals surface area contributed by atoms with Crippen molar-refractivity contribution in [3.05, 3.63) is 0 Å². The first-order chi connectivity index (χ1) is 4.51. The highest BCUT2D eigenvalue weighted by atomic mass is 16.3. The van der Waals surface area contributed by atoms with Crippen molar-refractivity contribution in [1.29, 1.82) is 0 Å². The minimum Gasteiger partial charge on any atom is -0.391 e. The maximum atomic E-state index is 9.06. The standard InChI is InChI=1S/C6H12N2O2/c7-5(1-3(5)9)6(8)2-4(6)10/h3-4,9-10H,1-2,7-8H2. The molecule has 0 aliphatic heterocycles. The molecule has 2 aliphatic rings. The summed E-state index contributed by atoms with van der Waals surface area (Å²) in [6.45, 7) is 0. The number of nitrogens with two attached hydrogens (primary N) is 2. The molecule has 0 aromatic heterocycles. The van der Waals surface area contributed by atoms with Crippen molar-refractivity contribution < 1.29 is 10.2 Å². The van der Waals surface area contributed by atoms with Gasteiger partial charge in [0.2, 0.25) is 0 Å². The lowest BCUT2D eigenvalue weighted by molar-refractivity contribution is 0.194. The fourth-order valence-corrected chi connectivity index (χ4v) is 1.52. The van der Waals surface area contributed by atoms with E-state index in [1.807, 2.05) is 0 Å². The van der Waals surface area contributed by atoms with Gasteiger partial charge in [-0.15, -0.1) is 0 Å². The summed E-state index contributed by atoms with van der Waals surface area (Å²) in [4.78, 5) is 0. The number of aliphatic hydroxyl groups is 2. The predicted octanol–water partition coefficient (Wildman–Crippen LogP) is -2.09. The normalized spacial score (nSPS) is 66.0. The third-order valence-corrected chi connectivity index (χ3v) is 2.80. The van der Waals surface area contributed by atoms with Gasteiger partial charge in [-0.05, 0) is 12.8 Å². The van der Waals surface area contributed by atoms with Crippen LogP contribution in [0.3, 0.4) is 0 Å². The summed E-state index contributed by atoms with van der Waals surface area (Å²) in [7, 11) is 0. The number of hydrogen-bond acceptors (Lipinski definition) is 4. The molecule has 0 spiro atoms. The smallest absolute Gasteiger partial charge is 0.0758 e. The number of aliphatic hydroxyl groups excluding tert-OH is 2. The molecule has 10 heavy (non-hydrogen) atoms. The van der Waals surface area contributed by atoms with Crippen molar-refractivity contribution in [3.63, 3.8) is 0 Å². The van der Waals surface area contributed by atoms with Crippen LogP contribution in [-0.4, -0.2) is 33.5 Å².